The van der Waals surface area contributed by atoms with E-state index in [0.29, 0.717) is 30.5 Å². The second kappa shape index (κ2) is 5.14. The highest BCUT2D eigenvalue weighted by atomic mass is 16.4. The minimum absolute atomic E-state index is 0.476. The van der Waals surface area contributed by atoms with Gasteiger partial charge in [0, 0.05) is 32.7 Å². The molecule has 0 bridgehead atoms. The van der Waals surface area contributed by atoms with Crippen LogP contribution < -0.4 is 0 Å². The Morgan fingerprint density at radius 2 is 1.80 bits per heavy atom. The van der Waals surface area contributed by atoms with Gasteiger partial charge < -0.3 is 10.0 Å². The highest BCUT2D eigenvalue weighted by molar-refractivity contribution is 5.65. The molecule has 2 aliphatic rings. The van der Waals surface area contributed by atoms with Crippen LogP contribution in [0.4, 0.5) is 4.79 Å². The second-order valence-electron chi connectivity index (χ2n) is 5.71. The Labute approximate surface area is 118 Å². The summed E-state index contributed by atoms with van der Waals surface area (Å²) in [6, 6.07) is 9.80. The molecule has 0 unspecified atom stereocenters. The van der Waals surface area contributed by atoms with Crippen molar-refractivity contribution in [3.8, 4) is 6.07 Å². The maximum atomic E-state index is 11.0. The first kappa shape index (κ1) is 12.9. The SMILES string of the molecule is N#Cc1ccc(CN2C[C@@H]3CN(C(=O)O)C[C@@H]3C2)cc1. The first-order chi connectivity index (χ1) is 9.65. The van der Waals surface area contributed by atoms with E-state index in [1.54, 1.807) is 0 Å². The number of hydrogen-bond donors (Lipinski definition) is 1. The number of nitriles is 1. The number of hydrogen-bond acceptors (Lipinski definition) is 3. The van der Waals surface area contributed by atoms with E-state index in [9.17, 15) is 4.79 Å². The van der Waals surface area contributed by atoms with Crippen LogP contribution in [0.2, 0.25) is 0 Å². The lowest BCUT2D eigenvalue weighted by Crippen LogP contribution is -2.31. The molecule has 1 amide bonds. The van der Waals surface area contributed by atoms with Gasteiger partial charge in [0.15, 0.2) is 0 Å². The topological polar surface area (TPSA) is 67.6 Å². The summed E-state index contributed by atoms with van der Waals surface area (Å²) in [5, 5.41) is 17.8. The normalized spacial score (nSPS) is 25.4. The van der Waals surface area contributed by atoms with E-state index in [4.69, 9.17) is 10.4 Å². The number of fused-ring (bicyclic) bond motifs is 1. The molecule has 0 radical (unpaired) electrons. The van der Waals surface area contributed by atoms with Gasteiger partial charge in [0.25, 0.3) is 0 Å². The smallest absolute Gasteiger partial charge is 0.407 e. The molecular formula is C15H17N3O2. The van der Waals surface area contributed by atoms with Crippen molar-refractivity contribution in [1.82, 2.24) is 9.80 Å². The molecule has 2 saturated heterocycles. The fraction of sp³-hybridized carbons (Fsp3) is 0.467. The number of amides is 1. The van der Waals surface area contributed by atoms with Crippen LogP contribution in [0.15, 0.2) is 24.3 Å². The summed E-state index contributed by atoms with van der Waals surface area (Å²) >= 11 is 0. The van der Waals surface area contributed by atoms with E-state index in [-0.39, 0.29) is 0 Å². The van der Waals surface area contributed by atoms with Crippen molar-refractivity contribution in [2.24, 2.45) is 11.8 Å². The zero-order valence-electron chi connectivity index (χ0n) is 11.2. The minimum atomic E-state index is -0.793. The van der Waals surface area contributed by atoms with Gasteiger partial charge in [0.2, 0.25) is 0 Å². The largest absolute Gasteiger partial charge is 0.465 e. The Balaban J connectivity index is 1.57. The predicted molar refractivity (Wildman–Crippen MR) is 73.0 cm³/mol. The molecule has 0 aromatic heterocycles. The van der Waals surface area contributed by atoms with E-state index in [0.717, 1.165) is 19.6 Å². The highest BCUT2D eigenvalue weighted by Crippen LogP contribution is 2.31. The van der Waals surface area contributed by atoms with E-state index in [1.807, 2.05) is 24.3 Å². The molecule has 2 fully saturated rings. The molecule has 5 heteroatoms. The van der Waals surface area contributed by atoms with Gasteiger partial charge >= 0.3 is 6.09 Å². The van der Waals surface area contributed by atoms with E-state index >= 15 is 0 Å². The fourth-order valence-corrected chi connectivity index (χ4v) is 3.32. The molecule has 2 heterocycles. The van der Waals surface area contributed by atoms with Gasteiger partial charge in [-0.25, -0.2) is 4.79 Å². The maximum Gasteiger partial charge on any atom is 0.407 e. The number of carboxylic acid groups (broad SMARTS) is 1. The van der Waals surface area contributed by atoms with Gasteiger partial charge in [0.05, 0.1) is 11.6 Å². The average molecular weight is 271 g/mol. The Hall–Kier alpha value is -2.06. The molecule has 2 atom stereocenters. The van der Waals surface area contributed by atoms with Crippen LogP contribution in [0, 0.1) is 23.2 Å². The van der Waals surface area contributed by atoms with Crippen molar-refractivity contribution in [2.45, 2.75) is 6.54 Å². The monoisotopic (exact) mass is 271 g/mol. The molecule has 20 heavy (non-hydrogen) atoms. The van der Waals surface area contributed by atoms with Crippen molar-refractivity contribution < 1.29 is 9.90 Å². The van der Waals surface area contributed by atoms with Gasteiger partial charge in [0.1, 0.15) is 0 Å². The van der Waals surface area contributed by atoms with Crippen molar-refractivity contribution in [3.63, 3.8) is 0 Å². The lowest BCUT2D eigenvalue weighted by molar-refractivity contribution is 0.148. The molecule has 2 aliphatic heterocycles. The van der Waals surface area contributed by atoms with Crippen LogP contribution in [0.1, 0.15) is 11.1 Å². The molecule has 104 valence electrons. The Morgan fingerprint density at radius 3 is 2.30 bits per heavy atom. The van der Waals surface area contributed by atoms with Crippen LogP contribution >= 0.6 is 0 Å². The van der Waals surface area contributed by atoms with Gasteiger partial charge in [-0.3, -0.25) is 4.90 Å². The number of carbonyl (C=O) groups is 1. The van der Waals surface area contributed by atoms with E-state index in [2.05, 4.69) is 11.0 Å². The first-order valence-electron chi connectivity index (χ1n) is 6.85. The van der Waals surface area contributed by atoms with Crippen molar-refractivity contribution in [2.75, 3.05) is 26.2 Å². The summed E-state index contributed by atoms with van der Waals surface area (Å²) in [5.41, 5.74) is 1.89. The molecule has 1 aromatic carbocycles. The minimum Gasteiger partial charge on any atom is -0.465 e. The van der Waals surface area contributed by atoms with Gasteiger partial charge in [-0.1, -0.05) is 12.1 Å². The Morgan fingerprint density at radius 1 is 1.20 bits per heavy atom. The van der Waals surface area contributed by atoms with Crippen LogP contribution in [-0.4, -0.2) is 47.2 Å². The van der Waals surface area contributed by atoms with E-state index in [1.165, 1.54) is 10.5 Å². The fourth-order valence-electron chi connectivity index (χ4n) is 3.32. The standard InChI is InChI=1S/C15H17N3O2/c16-5-11-1-3-12(4-2-11)6-17-7-13-9-18(15(19)20)10-14(13)8-17/h1-4,13-14H,6-10H2,(H,19,20)/t13-,14+. The van der Waals surface area contributed by atoms with E-state index < -0.39 is 6.09 Å². The third-order valence-electron chi connectivity index (χ3n) is 4.32. The lowest BCUT2D eigenvalue weighted by Gasteiger charge is -2.19. The number of benzene rings is 1. The molecule has 0 saturated carbocycles. The summed E-state index contributed by atoms with van der Waals surface area (Å²) < 4.78 is 0. The van der Waals surface area contributed by atoms with Crippen LogP contribution in [0.3, 0.4) is 0 Å². The summed E-state index contributed by atoms with van der Waals surface area (Å²) in [6.07, 6.45) is -0.793. The molecule has 1 aromatic rings. The van der Waals surface area contributed by atoms with Crippen molar-refractivity contribution in [1.29, 1.82) is 5.26 Å². The maximum absolute atomic E-state index is 11.0. The van der Waals surface area contributed by atoms with Crippen LogP contribution in [0.25, 0.3) is 0 Å². The Kier molecular flexibility index (Phi) is 3.33. The van der Waals surface area contributed by atoms with Crippen LogP contribution in [0.5, 0.6) is 0 Å². The second-order valence-corrected chi connectivity index (χ2v) is 5.71. The zero-order valence-corrected chi connectivity index (χ0v) is 11.2. The van der Waals surface area contributed by atoms with Gasteiger partial charge in [-0.2, -0.15) is 5.26 Å². The van der Waals surface area contributed by atoms with Crippen molar-refractivity contribution >= 4 is 6.09 Å². The van der Waals surface area contributed by atoms with Crippen LogP contribution in [-0.2, 0) is 6.54 Å². The molecular weight excluding hydrogens is 254 g/mol. The average Bonchev–Trinajstić information content (AvgIpc) is 2.97. The first-order valence-corrected chi connectivity index (χ1v) is 6.85. The summed E-state index contributed by atoms with van der Waals surface area (Å²) in [7, 11) is 0. The van der Waals surface area contributed by atoms with Gasteiger partial charge in [-0.15, -0.1) is 0 Å². The zero-order chi connectivity index (χ0) is 14.1. The molecule has 5 nitrogen and oxygen atoms in total. The predicted octanol–water partition coefficient (Wildman–Crippen LogP) is 1.60. The molecule has 1 N–H and O–H groups in total. The Bertz CT molecular complexity index is 535. The summed E-state index contributed by atoms with van der Waals surface area (Å²) in [6.45, 7) is 4.16. The lowest BCUT2D eigenvalue weighted by atomic mass is 10.0. The molecule has 3 rings (SSSR count). The van der Waals surface area contributed by atoms with Gasteiger partial charge in [-0.05, 0) is 29.5 Å². The third-order valence-corrected chi connectivity index (χ3v) is 4.32. The summed E-state index contributed by atoms with van der Waals surface area (Å²) in [4.78, 5) is 14.9. The highest BCUT2D eigenvalue weighted by Gasteiger charge is 2.41. The summed E-state index contributed by atoms with van der Waals surface area (Å²) in [5.74, 6) is 0.953. The number of nitrogens with zero attached hydrogens (tertiary/aromatic N) is 3. The molecule has 0 aliphatic carbocycles. The van der Waals surface area contributed by atoms with Crippen molar-refractivity contribution in [3.05, 3.63) is 35.4 Å². The number of rotatable bonds is 2. The quantitative estimate of drug-likeness (QED) is 0.887. The molecule has 0 spiro atoms. The third kappa shape index (κ3) is 2.47. The number of likely N-dealkylation sites (tertiary alicyclic amines) is 2.